The van der Waals surface area contributed by atoms with Gasteiger partial charge in [0.2, 0.25) is 0 Å². The summed E-state index contributed by atoms with van der Waals surface area (Å²) in [4.78, 5) is 45.5. The molecule has 32 heavy (non-hydrogen) atoms. The Kier molecular flexibility index (Phi) is 7.60. The molecule has 0 saturated heterocycles. The lowest BCUT2D eigenvalue weighted by atomic mass is 10.0. The highest BCUT2D eigenvalue weighted by Gasteiger charge is 2.19. The van der Waals surface area contributed by atoms with Crippen molar-refractivity contribution < 1.29 is 9.90 Å². The average molecular weight is 459 g/mol. The molecule has 0 fully saturated rings. The highest BCUT2D eigenvalue weighted by atomic mass is 32.2. The second kappa shape index (κ2) is 10.2. The number of carboxylic acids is 1. The van der Waals surface area contributed by atoms with E-state index in [1.54, 1.807) is 11.5 Å². The third-order valence-corrected chi connectivity index (χ3v) is 6.47. The number of carbonyl (C=O) groups is 1. The molecule has 2 unspecified atom stereocenters. The predicted octanol–water partition coefficient (Wildman–Crippen LogP) is 3.62. The summed E-state index contributed by atoms with van der Waals surface area (Å²) in [6, 6.07) is 7.81. The Balaban J connectivity index is 1.88. The molecule has 3 rings (SSSR count). The van der Waals surface area contributed by atoms with Crippen LogP contribution in [0.15, 0.2) is 38.8 Å². The van der Waals surface area contributed by atoms with Gasteiger partial charge in [0.05, 0.1) is 0 Å². The zero-order valence-corrected chi connectivity index (χ0v) is 19.7. The Bertz CT molecular complexity index is 1210. The Labute approximate surface area is 190 Å². The van der Waals surface area contributed by atoms with Crippen LogP contribution in [0.3, 0.4) is 0 Å². The molecule has 8 nitrogen and oxygen atoms in total. The number of carboxylic acid groups (broad SMARTS) is 1. The number of nitrogens with one attached hydrogen (secondary N) is 1. The second-order valence-corrected chi connectivity index (χ2v) is 9.47. The first-order chi connectivity index (χ1) is 15.3. The average Bonchev–Trinajstić information content (AvgIpc) is 3.21. The van der Waals surface area contributed by atoms with Crippen molar-refractivity contribution in [1.29, 1.82) is 0 Å². The van der Waals surface area contributed by atoms with E-state index in [1.807, 2.05) is 45.0 Å². The van der Waals surface area contributed by atoms with Crippen LogP contribution < -0.4 is 11.2 Å². The number of fused-ring (bicyclic) bond motifs is 1. The number of rotatable bonds is 10. The van der Waals surface area contributed by atoms with Gasteiger partial charge in [-0.15, -0.1) is 11.8 Å². The summed E-state index contributed by atoms with van der Waals surface area (Å²) < 4.78 is 2.90. The molecule has 2 heterocycles. The van der Waals surface area contributed by atoms with Crippen LogP contribution in [0.25, 0.3) is 11.2 Å². The molecule has 0 spiro atoms. The van der Waals surface area contributed by atoms with E-state index in [4.69, 9.17) is 5.11 Å². The number of hydrogen-bond donors (Lipinski definition) is 2. The van der Waals surface area contributed by atoms with Crippen molar-refractivity contribution in [2.75, 3.05) is 0 Å². The standard InChI is InChI=1S/C23H30N4O4S/c1-5-11-26-20-18(21(28)27(12-6-2)23(26)31)24-19(25-20)14(3)13-16-7-9-17(10-8-16)32-15(4)22(29)30/h7-10,14-15H,5-6,11-13H2,1-4H3,(H,24,25)(H,29,30). The largest absolute Gasteiger partial charge is 0.480 e. The molecule has 2 aromatic heterocycles. The zero-order chi connectivity index (χ0) is 23.4. The van der Waals surface area contributed by atoms with E-state index in [9.17, 15) is 14.4 Å². The van der Waals surface area contributed by atoms with Crippen molar-refractivity contribution in [2.45, 2.75) is 76.1 Å². The second-order valence-electron chi connectivity index (χ2n) is 8.06. The molecule has 2 atom stereocenters. The van der Waals surface area contributed by atoms with E-state index in [2.05, 4.69) is 9.97 Å². The molecule has 172 valence electrons. The topological polar surface area (TPSA) is 110 Å². The van der Waals surface area contributed by atoms with E-state index in [-0.39, 0.29) is 17.2 Å². The first-order valence-electron chi connectivity index (χ1n) is 11.0. The maximum Gasteiger partial charge on any atom is 0.332 e. The van der Waals surface area contributed by atoms with Gasteiger partial charge in [0.1, 0.15) is 16.7 Å². The third-order valence-electron chi connectivity index (χ3n) is 5.37. The molecular formula is C23H30N4O4S. The number of H-pyrrole nitrogens is 1. The van der Waals surface area contributed by atoms with Crippen LogP contribution in [0.5, 0.6) is 0 Å². The fourth-order valence-corrected chi connectivity index (χ4v) is 4.48. The molecule has 3 aromatic rings. The van der Waals surface area contributed by atoms with Crippen LogP contribution in [0, 0.1) is 0 Å². The number of aliphatic carboxylic acids is 1. The quantitative estimate of drug-likeness (QED) is 0.449. The van der Waals surface area contributed by atoms with Gasteiger partial charge in [-0.1, -0.05) is 32.9 Å². The molecule has 0 aliphatic heterocycles. The smallest absolute Gasteiger partial charge is 0.332 e. The maximum atomic E-state index is 12.9. The number of aromatic nitrogens is 4. The van der Waals surface area contributed by atoms with Crippen LogP contribution in [-0.4, -0.2) is 35.4 Å². The van der Waals surface area contributed by atoms with Crippen LogP contribution >= 0.6 is 11.8 Å². The molecule has 9 heteroatoms. The summed E-state index contributed by atoms with van der Waals surface area (Å²) in [5.74, 6) is -0.159. The predicted molar refractivity (Wildman–Crippen MR) is 127 cm³/mol. The van der Waals surface area contributed by atoms with Crippen LogP contribution in [0.2, 0.25) is 0 Å². The lowest BCUT2D eigenvalue weighted by Crippen LogP contribution is -2.40. The molecular weight excluding hydrogens is 428 g/mol. The molecule has 0 bridgehead atoms. The van der Waals surface area contributed by atoms with E-state index >= 15 is 0 Å². The van der Waals surface area contributed by atoms with Crippen molar-refractivity contribution in [3.63, 3.8) is 0 Å². The molecule has 0 radical (unpaired) electrons. The summed E-state index contributed by atoms with van der Waals surface area (Å²) in [6.07, 6.45) is 2.16. The Hall–Kier alpha value is -2.81. The first-order valence-corrected chi connectivity index (χ1v) is 11.9. The number of aryl methyl sites for hydroxylation is 1. The number of hydrogen-bond acceptors (Lipinski definition) is 5. The van der Waals surface area contributed by atoms with Gasteiger partial charge in [0, 0.05) is 23.9 Å². The van der Waals surface area contributed by atoms with Crippen molar-refractivity contribution in [3.8, 4) is 0 Å². The fraction of sp³-hybridized carbons (Fsp3) is 0.478. The zero-order valence-electron chi connectivity index (χ0n) is 18.9. The number of aromatic amines is 1. The number of imidazole rings is 1. The molecule has 0 aliphatic rings. The van der Waals surface area contributed by atoms with Crippen LogP contribution in [0.4, 0.5) is 0 Å². The monoisotopic (exact) mass is 458 g/mol. The van der Waals surface area contributed by atoms with Crippen molar-refractivity contribution >= 4 is 28.9 Å². The Morgan fingerprint density at radius 1 is 1.09 bits per heavy atom. The minimum atomic E-state index is -0.836. The summed E-state index contributed by atoms with van der Waals surface area (Å²) in [6.45, 7) is 8.51. The van der Waals surface area contributed by atoms with Crippen molar-refractivity contribution in [3.05, 3.63) is 56.5 Å². The minimum Gasteiger partial charge on any atom is -0.480 e. The van der Waals surface area contributed by atoms with E-state index in [0.717, 1.165) is 16.9 Å². The molecule has 0 amide bonds. The Morgan fingerprint density at radius 3 is 2.31 bits per heavy atom. The van der Waals surface area contributed by atoms with Gasteiger partial charge in [-0.05, 0) is 43.9 Å². The van der Waals surface area contributed by atoms with Gasteiger partial charge < -0.3 is 10.1 Å². The normalized spacial score (nSPS) is 13.4. The van der Waals surface area contributed by atoms with Crippen LogP contribution in [-0.2, 0) is 24.3 Å². The van der Waals surface area contributed by atoms with Gasteiger partial charge in [0.15, 0.2) is 5.52 Å². The number of nitrogens with zero attached hydrogens (tertiary/aromatic N) is 3. The van der Waals surface area contributed by atoms with E-state index < -0.39 is 11.2 Å². The lowest BCUT2D eigenvalue weighted by molar-refractivity contribution is -0.136. The van der Waals surface area contributed by atoms with Crippen LogP contribution in [0.1, 0.15) is 57.8 Å². The SMILES string of the molecule is CCCn1c(=O)c2nc(C(C)Cc3ccc(SC(C)C(=O)O)cc3)[nH]c2n(CCC)c1=O. The van der Waals surface area contributed by atoms with Gasteiger partial charge in [0.25, 0.3) is 5.56 Å². The maximum absolute atomic E-state index is 12.9. The lowest BCUT2D eigenvalue weighted by Gasteiger charge is -2.11. The number of thioether (sulfide) groups is 1. The molecule has 0 saturated carbocycles. The summed E-state index contributed by atoms with van der Waals surface area (Å²) in [5, 5.41) is 8.56. The molecule has 1 aromatic carbocycles. The van der Waals surface area contributed by atoms with Gasteiger partial charge in [-0.25, -0.2) is 9.78 Å². The summed E-state index contributed by atoms with van der Waals surface area (Å²) >= 11 is 1.31. The van der Waals surface area contributed by atoms with Gasteiger partial charge in [-0.2, -0.15) is 0 Å². The highest BCUT2D eigenvalue weighted by molar-refractivity contribution is 8.00. The molecule has 2 N–H and O–H groups in total. The van der Waals surface area contributed by atoms with Gasteiger partial charge >= 0.3 is 11.7 Å². The Morgan fingerprint density at radius 2 is 1.72 bits per heavy atom. The third kappa shape index (κ3) is 4.98. The van der Waals surface area contributed by atoms with E-state index in [0.29, 0.717) is 42.9 Å². The van der Waals surface area contributed by atoms with Crippen molar-refractivity contribution in [2.24, 2.45) is 0 Å². The number of benzene rings is 1. The summed E-state index contributed by atoms with van der Waals surface area (Å²) in [5.41, 5.74) is 1.24. The highest BCUT2D eigenvalue weighted by Crippen LogP contribution is 2.25. The summed E-state index contributed by atoms with van der Waals surface area (Å²) in [7, 11) is 0. The van der Waals surface area contributed by atoms with Crippen molar-refractivity contribution in [1.82, 2.24) is 19.1 Å². The first kappa shape index (κ1) is 23.8. The fourth-order valence-electron chi connectivity index (χ4n) is 3.68. The van der Waals surface area contributed by atoms with Gasteiger partial charge in [-0.3, -0.25) is 18.7 Å². The molecule has 0 aliphatic carbocycles. The minimum absolute atomic E-state index is 0.00282. The van der Waals surface area contributed by atoms with E-state index in [1.165, 1.54) is 16.3 Å².